The van der Waals surface area contributed by atoms with Crippen molar-refractivity contribution < 1.29 is 23.1 Å². The first-order valence-electron chi connectivity index (χ1n) is 6.07. The second-order valence-electron chi connectivity index (χ2n) is 4.61. The Morgan fingerprint density at radius 2 is 2.05 bits per heavy atom. The van der Waals surface area contributed by atoms with Crippen LogP contribution >= 0.6 is 0 Å². The number of benzene rings is 1. The van der Waals surface area contributed by atoms with Crippen LogP contribution in [0.3, 0.4) is 0 Å². The quantitative estimate of drug-likeness (QED) is 0.869. The number of carbonyl (C=O) groups is 1. The first-order chi connectivity index (χ1) is 8.89. The molecule has 1 heterocycles. The summed E-state index contributed by atoms with van der Waals surface area (Å²) in [6.07, 6.45) is -1.84. The molecule has 1 aliphatic heterocycles. The van der Waals surface area contributed by atoms with E-state index < -0.39 is 17.7 Å². The largest absolute Gasteiger partial charge is 0.478 e. The Morgan fingerprint density at radius 1 is 1.32 bits per heavy atom. The summed E-state index contributed by atoms with van der Waals surface area (Å²) >= 11 is 0. The van der Waals surface area contributed by atoms with Gasteiger partial charge in [0, 0.05) is 6.04 Å². The molecule has 0 amide bonds. The Labute approximate surface area is 108 Å². The number of piperidine rings is 1. The van der Waals surface area contributed by atoms with E-state index >= 15 is 0 Å². The zero-order valence-electron chi connectivity index (χ0n) is 10.1. The van der Waals surface area contributed by atoms with Crippen molar-refractivity contribution in [2.24, 2.45) is 0 Å². The Morgan fingerprint density at radius 3 is 2.58 bits per heavy atom. The van der Waals surface area contributed by atoms with E-state index in [2.05, 4.69) is 5.32 Å². The van der Waals surface area contributed by atoms with E-state index in [1.807, 2.05) is 0 Å². The molecule has 6 heteroatoms. The summed E-state index contributed by atoms with van der Waals surface area (Å²) < 4.78 is 37.8. The number of hydrogen-bond acceptors (Lipinski definition) is 2. The fourth-order valence-electron chi connectivity index (χ4n) is 2.34. The summed E-state index contributed by atoms with van der Waals surface area (Å²) in [5.74, 6) is -1.33. The highest BCUT2D eigenvalue weighted by Gasteiger charge is 2.32. The summed E-state index contributed by atoms with van der Waals surface area (Å²) in [5.41, 5.74) is -0.765. The first-order valence-corrected chi connectivity index (χ1v) is 6.07. The van der Waals surface area contributed by atoms with Gasteiger partial charge in [-0.1, -0.05) is 12.5 Å². The van der Waals surface area contributed by atoms with Crippen LogP contribution in [-0.2, 0) is 6.18 Å². The minimum absolute atomic E-state index is 0.179. The van der Waals surface area contributed by atoms with E-state index in [0.29, 0.717) is 11.6 Å². The number of carboxylic acids is 1. The monoisotopic (exact) mass is 273 g/mol. The molecule has 0 spiro atoms. The van der Waals surface area contributed by atoms with Crippen LogP contribution in [0.2, 0.25) is 0 Å². The van der Waals surface area contributed by atoms with Crippen molar-refractivity contribution in [2.45, 2.75) is 31.5 Å². The molecule has 0 saturated carbocycles. The highest BCUT2D eigenvalue weighted by molar-refractivity contribution is 5.90. The first kappa shape index (κ1) is 13.9. The average molecular weight is 273 g/mol. The lowest BCUT2D eigenvalue weighted by Gasteiger charge is -2.25. The molecule has 1 atom stereocenters. The number of halogens is 3. The van der Waals surface area contributed by atoms with Crippen molar-refractivity contribution in [2.75, 3.05) is 6.54 Å². The maximum atomic E-state index is 12.6. The van der Waals surface area contributed by atoms with Crippen molar-refractivity contribution >= 4 is 5.97 Å². The molecule has 2 rings (SSSR count). The van der Waals surface area contributed by atoms with Gasteiger partial charge in [-0.2, -0.15) is 13.2 Å². The van der Waals surface area contributed by atoms with Gasteiger partial charge in [0.25, 0.3) is 0 Å². The lowest BCUT2D eigenvalue weighted by Crippen LogP contribution is -2.28. The van der Waals surface area contributed by atoms with E-state index in [1.165, 1.54) is 6.07 Å². The zero-order chi connectivity index (χ0) is 14.0. The molecule has 1 unspecified atom stereocenters. The second kappa shape index (κ2) is 5.21. The molecule has 1 aromatic rings. The maximum absolute atomic E-state index is 12.6. The number of nitrogens with one attached hydrogen (secondary N) is 1. The third-order valence-electron chi connectivity index (χ3n) is 3.30. The molecule has 0 aromatic heterocycles. The summed E-state index contributed by atoms with van der Waals surface area (Å²) in [7, 11) is 0. The van der Waals surface area contributed by atoms with E-state index in [4.69, 9.17) is 5.11 Å². The van der Waals surface area contributed by atoms with Gasteiger partial charge in [-0.3, -0.25) is 0 Å². The average Bonchev–Trinajstić information content (AvgIpc) is 2.38. The number of aromatic carboxylic acids is 1. The Bertz CT molecular complexity index is 479. The summed E-state index contributed by atoms with van der Waals surface area (Å²) in [4.78, 5) is 11.1. The fraction of sp³-hybridized carbons (Fsp3) is 0.462. The van der Waals surface area contributed by atoms with E-state index in [9.17, 15) is 18.0 Å². The third kappa shape index (κ3) is 3.07. The Kier molecular flexibility index (Phi) is 3.80. The van der Waals surface area contributed by atoms with E-state index in [-0.39, 0.29) is 11.6 Å². The SMILES string of the molecule is O=C(O)c1cc(C(F)(F)F)ccc1C1CCCCN1. The summed E-state index contributed by atoms with van der Waals surface area (Å²) in [6, 6.07) is 2.75. The van der Waals surface area contributed by atoms with Crippen molar-refractivity contribution in [3.63, 3.8) is 0 Å². The van der Waals surface area contributed by atoms with E-state index in [1.54, 1.807) is 0 Å². The van der Waals surface area contributed by atoms with Crippen molar-refractivity contribution in [1.82, 2.24) is 5.32 Å². The lowest BCUT2D eigenvalue weighted by atomic mass is 9.92. The standard InChI is InChI=1S/C13H14F3NO2/c14-13(15,16)8-4-5-9(10(7-8)12(18)19)11-3-1-2-6-17-11/h4-5,7,11,17H,1-3,6H2,(H,18,19). The molecule has 0 radical (unpaired) electrons. The van der Waals surface area contributed by atoms with Crippen LogP contribution in [-0.4, -0.2) is 17.6 Å². The Hall–Kier alpha value is -1.56. The minimum Gasteiger partial charge on any atom is -0.478 e. The molecule has 0 bridgehead atoms. The third-order valence-corrected chi connectivity index (χ3v) is 3.30. The highest BCUT2D eigenvalue weighted by Crippen LogP contribution is 2.33. The number of alkyl halides is 3. The van der Waals surface area contributed by atoms with Crippen molar-refractivity contribution in [3.05, 3.63) is 34.9 Å². The fourth-order valence-corrected chi connectivity index (χ4v) is 2.34. The van der Waals surface area contributed by atoms with E-state index in [0.717, 1.165) is 31.9 Å². The van der Waals surface area contributed by atoms with Gasteiger partial charge in [0.1, 0.15) is 0 Å². The van der Waals surface area contributed by atoms with Gasteiger partial charge in [0.2, 0.25) is 0 Å². The molecule has 3 nitrogen and oxygen atoms in total. The minimum atomic E-state index is -4.53. The van der Waals surface area contributed by atoms with Gasteiger partial charge in [-0.05, 0) is 37.1 Å². The summed E-state index contributed by atoms with van der Waals surface area (Å²) in [5, 5.41) is 12.2. The number of rotatable bonds is 2. The van der Waals surface area contributed by atoms with Crippen LogP contribution in [0, 0.1) is 0 Å². The van der Waals surface area contributed by atoms with Crippen LogP contribution in [0.15, 0.2) is 18.2 Å². The predicted molar refractivity (Wildman–Crippen MR) is 63.0 cm³/mol. The summed E-state index contributed by atoms with van der Waals surface area (Å²) in [6.45, 7) is 0.755. The predicted octanol–water partition coefficient (Wildman–Crippen LogP) is 3.22. The highest BCUT2D eigenvalue weighted by atomic mass is 19.4. The normalized spacial score (nSPS) is 20.3. The maximum Gasteiger partial charge on any atom is 0.416 e. The van der Waals surface area contributed by atoms with Gasteiger partial charge in [-0.25, -0.2) is 4.79 Å². The number of hydrogen-bond donors (Lipinski definition) is 2. The molecule has 1 fully saturated rings. The molecule has 0 aliphatic carbocycles. The molecule has 104 valence electrons. The van der Waals surface area contributed by atoms with Crippen LogP contribution in [0.25, 0.3) is 0 Å². The van der Waals surface area contributed by atoms with Crippen LogP contribution in [0.4, 0.5) is 13.2 Å². The molecule has 1 aromatic carbocycles. The molecular weight excluding hydrogens is 259 g/mol. The van der Waals surface area contributed by atoms with Crippen LogP contribution in [0.1, 0.15) is 46.8 Å². The van der Waals surface area contributed by atoms with Crippen molar-refractivity contribution in [3.8, 4) is 0 Å². The molecule has 1 saturated heterocycles. The van der Waals surface area contributed by atoms with Gasteiger partial charge >= 0.3 is 12.1 Å². The second-order valence-corrected chi connectivity index (χ2v) is 4.61. The smallest absolute Gasteiger partial charge is 0.416 e. The van der Waals surface area contributed by atoms with Gasteiger partial charge < -0.3 is 10.4 Å². The molecule has 19 heavy (non-hydrogen) atoms. The van der Waals surface area contributed by atoms with Gasteiger partial charge in [0.15, 0.2) is 0 Å². The van der Waals surface area contributed by atoms with Crippen molar-refractivity contribution in [1.29, 1.82) is 0 Å². The topological polar surface area (TPSA) is 49.3 Å². The Balaban J connectivity index is 2.40. The molecule has 2 N–H and O–H groups in total. The number of carboxylic acid groups (broad SMARTS) is 1. The van der Waals surface area contributed by atoms with Gasteiger partial charge in [0.05, 0.1) is 11.1 Å². The van der Waals surface area contributed by atoms with Crippen LogP contribution in [0.5, 0.6) is 0 Å². The molecule has 1 aliphatic rings. The van der Waals surface area contributed by atoms with Crippen LogP contribution < -0.4 is 5.32 Å². The lowest BCUT2D eigenvalue weighted by molar-refractivity contribution is -0.137. The van der Waals surface area contributed by atoms with Gasteiger partial charge in [-0.15, -0.1) is 0 Å². The molecular formula is C13H14F3NO2. The zero-order valence-corrected chi connectivity index (χ0v) is 10.1.